The highest BCUT2D eigenvalue weighted by Crippen LogP contribution is 2.36. The van der Waals surface area contributed by atoms with E-state index in [0.717, 1.165) is 41.1 Å². The number of nitro groups is 2. The zero-order valence-corrected chi connectivity index (χ0v) is 19.1. The normalized spacial score (nSPS) is 14.4. The molecule has 0 bridgehead atoms. The fraction of sp³-hybridized carbons (Fsp3) is 0.0833. The van der Waals surface area contributed by atoms with Crippen LogP contribution in [-0.2, 0) is 11.3 Å². The van der Waals surface area contributed by atoms with Gasteiger partial charge >= 0.3 is 5.69 Å². The van der Waals surface area contributed by atoms with Gasteiger partial charge in [-0.25, -0.2) is 0 Å². The van der Waals surface area contributed by atoms with Crippen molar-refractivity contribution in [2.45, 2.75) is 13.5 Å². The number of amides is 2. The quantitative estimate of drug-likeness (QED) is 0.229. The summed E-state index contributed by atoms with van der Waals surface area (Å²) in [6.07, 6.45) is 1.58. The van der Waals surface area contributed by atoms with Gasteiger partial charge in [0.25, 0.3) is 16.8 Å². The lowest BCUT2D eigenvalue weighted by Gasteiger charge is -2.14. The second kappa shape index (κ2) is 9.77. The van der Waals surface area contributed by atoms with E-state index in [9.17, 15) is 29.8 Å². The summed E-state index contributed by atoms with van der Waals surface area (Å²) in [4.78, 5) is 47.4. The first-order valence-corrected chi connectivity index (χ1v) is 11.0. The maximum absolute atomic E-state index is 12.8. The number of carbonyl (C=O) groups excluding carboxylic acids is 2. The number of benzene rings is 3. The number of imide groups is 1. The Hall–Kier alpha value is -4.51. The summed E-state index contributed by atoms with van der Waals surface area (Å²) < 4.78 is 5.54. The molecule has 176 valence electrons. The zero-order chi connectivity index (χ0) is 25.1. The standard InChI is InChI=1S/C24H17N3O7S/c1-15-4-2-3-5-17(15)14-25-23(28)22(35-24(25)29)12-16-6-9-19(10-7-16)34-21-11-8-18(26(30)31)13-20(21)27(32)33/h2-13H,14H2,1H3/b22-12-. The van der Waals surface area contributed by atoms with E-state index in [1.807, 2.05) is 31.2 Å². The van der Waals surface area contributed by atoms with Crippen LogP contribution in [0, 0.1) is 27.2 Å². The molecule has 11 heteroatoms. The van der Waals surface area contributed by atoms with E-state index in [0.29, 0.717) is 5.56 Å². The number of carbonyl (C=O) groups is 2. The topological polar surface area (TPSA) is 133 Å². The highest BCUT2D eigenvalue weighted by molar-refractivity contribution is 8.18. The van der Waals surface area contributed by atoms with Crippen molar-refractivity contribution in [3.05, 3.63) is 109 Å². The molecule has 10 nitrogen and oxygen atoms in total. The van der Waals surface area contributed by atoms with Gasteiger partial charge < -0.3 is 4.74 Å². The molecule has 3 aromatic rings. The lowest BCUT2D eigenvalue weighted by molar-refractivity contribution is -0.394. The molecule has 0 N–H and O–H groups in total. The van der Waals surface area contributed by atoms with Gasteiger partial charge in [-0.05, 0) is 59.7 Å². The molecule has 0 radical (unpaired) electrons. The molecule has 1 aliphatic heterocycles. The molecule has 1 fully saturated rings. The number of hydrogen-bond acceptors (Lipinski definition) is 8. The maximum Gasteiger partial charge on any atom is 0.318 e. The van der Waals surface area contributed by atoms with Crippen LogP contribution in [0.5, 0.6) is 11.5 Å². The van der Waals surface area contributed by atoms with Crippen molar-refractivity contribution < 1.29 is 24.2 Å². The van der Waals surface area contributed by atoms with Gasteiger partial charge in [0.05, 0.1) is 27.4 Å². The molecule has 3 aromatic carbocycles. The minimum atomic E-state index is -0.760. The van der Waals surface area contributed by atoms with E-state index in [-0.39, 0.29) is 34.1 Å². The summed E-state index contributed by atoms with van der Waals surface area (Å²) in [7, 11) is 0. The number of ether oxygens (including phenoxy) is 1. The van der Waals surface area contributed by atoms with Crippen LogP contribution in [0.4, 0.5) is 16.2 Å². The Morgan fingerprint density at radius 2 is 1.69 bits per heavy atom. The molecular weight excluding hydrogens is 474 g/mol. The Morgan fingerprint density at radius 3 is 2.34 bits per heavy atom. The molecule has 0 aromatic heterocycles. The second-order valence-electron chi connectivity index (χ2n) is 7.53. The summed E-state index contributed by atoms with van der Waals surface area (Å²) in [6, 6.07) is 17.0. The number of nitrogens with zero attached hydrogens (tertiary/aromatic N) is 3. The van der Waals surface area contributed by atoms with Crippen molar-refractivity contribution in [2.75, 3.05) is 0 Å². The zero-order valence-electron chi connectivity index (χ0n) is 18.2. The number of non-ortho nitro benzene ring substituents is 1. The van der Waals surface area contributed by atoms with Crippen molar-refractivity contribution in [3.8, 4) is 11.5 Å². The fourth-order valence-electron chi connectivity index (χ4n) is 3.35. The molecule has 4 rings (SSSR count). The van der Waals surface area contributed by atoms with Crippen molar-refractivity contribution >= 4 is 40.4 Å². The lowest BCUT2D eigenvalue weighted by atomic mass is 10.1. The lowest BCUT2D eigenvalue weighted by Crippen LogP contribution is -2.27. The molecule has 1 aliphatic rings. The van der Waals surface area contributed by atoms with Crippen molar-refractivity contribution in [1.82, 2.24) is 4.90 Å². The molecule has 0 aliphatic carbocycles. The van der Waals surface area contributed by atoms with Gasteiger partial charge in [-0.3, -0.25) is 34.7 Å². The smallest absolute Gasteiger partial charge is 0.318 e. The molecule has 0 saturated carbocycles. The van der Waals surface area contributed by atoms with Crippen LogP contribution < -0.4 is 4.74 Å². The summed E-state index contributed by atoms with van der Waals surface area (Å²) in [5.74, 6) is -0.275. The Balaban J connectivity index is 1.50. The maximum atomic E-state index is 12.8. The fourth-order valence-corrected chi connectivity index (χ4v) is 4.19. The highest BCUT2D eigenvalue weighted by Gasteiger charge is 2.35. The van der Waals surface area contributed by atoms with E-state index in [2.05, 4.69) is 0 Å². The summed E-state index contributed by atoms with van der Waals surface area (Å²) in [5, 5.41) is 21.8. The predicted molar refractivity (Wildman–Crippen MR) is 129 cm³/mol. The van der Waals surface area contributed by atoms with Gasteiger partial charge in [0.1, 0.15) is 5.75 Å². The first kappa shape index (κ1) is 23.6. The third kappa shape index (κ3) is 5.20. The van der Waals surface area contributed by atoms with Crippen molar-refractivity contribution in [2.24, 2.45) is 0 Å². The Bertz CT molecular complexity index is 1390. The van der Waals surface area contributed by atoms with Crippen LogP contribution in [0.15, 0.2) is 71.6 Å². The van der Waals surface area contributed by atoms with Crippen LogP contribution in [0.2, 0.25) is 0 Å². The van der Waals surface area contributed by atoms with Gasteiger partial charge in [-0.2, -0.15) is 0 Å². The summed E-state index contributed by atoms with van der Waals surface area (Å²) in [6.45, 7) is 2.11. The second-order valence-corrected chi connectivity index (χ2v) is 8.52. The minimum Gasteiger partial charge on any atom is -0.450 e. The molecule has 0 unspecified atom stereocenters. The molecule has 0 atom stereocenters. The van der Waals surface area contributed by atoms with Gasteiger partial charge in [0, 0.05) is 6.07 Å². The van der Waals surface area contributed by atoms with E-state index < -0.39 is 21.2 Å². The van der Waals surface area contributed by atoms with E-state index in [4.69, 9.17) is 4.74 Å². The van der Waals surface area contributed by atoms with E-state index >= 15 is 0 Å². The van der Waals surface area contributed by atoms with Crippen LogP contribution in [0.3, 0.4) is 0 Å². The van der Waals surface area contributed by atoms with Crippen LogP contribution in [0.1, 0.15) is 16.7 Å². The molecule has 2 amide bonds. The minimum absolute atomic E-state index is 0.148. The van der Waals surface area contributed by atoms with Gasteiger partial charge in [-0.15, -0.1) is 0 Å². The van der Waals surface area contributed by atoms with Crippen LogP contribution >= 0.6 is 11.8 Å². The number of nitro benzene ring substituents is 2. The number of rotatable bonds is 7. The summed E-state index contributed by atoms with van der Waals surface area (Å²) in [5.41, 5.74) is 1.54. The van der Waals surface area contributed by atoms with E-state index in [1.54, 1.807) is 18.2 Å². The Kier molecular flexibility index (Phi) is 6.60. The number of thioether (sulfide) groups is 1. The SMILES string of the molecule is Cc1ccccc1CN1C(=O)S/C(=C\c2ccc(Oc3ccc([N+](=O)[O-])cc3[N+](=O)[O-])cc2)C1=O. The molecule has 35 heavy (non-hydrogen) atoms. The largest absolute Gasteiger partial charge is 0.450 e. The molecule has 1 heterocycles. The third-order valence-corrected chi connectivity index (χ3v) is 6.13. The van der Waals surface area contributed by atoms with Crippen LogP contribution in [0.25, 0.3) is 6.08 Å². The average molecular weight is 491 g/mol. The highest BCUT2D eigenvalue weighted by atomic mass is 32.2. The Morgan fingerprint density at radius 1 is 0.971 bits per heavy atom. The molecular formula is C24H17N3O7S. The number of aryl methyl sites for hydroxylation is 1. The predicted octanol–water partition coefficient (Wildman–Crippen LogP) is 5.84. The van der Waals surface area contributed by atoms with Crippen molar-refractivity contribution in [3.63, 3.8) is 0 Å². The summed E-state index contributed by atoms with van der Waals surface area (Å²) >= 11 is 0.855. The molecule has 1 saturated heterocycles. The monoisotopic (exact) mass is 491 g/mol. The number of hydrogen-bond donors (Lipinski definition) is 0. The first-order chi connectivity index (χ1) is 16.7. The molecule has 0 spiro atoms. The average Bonchev–Trinajstić information content (AvgIpc) is 3.09. The van der Waals surface area contributed by atoms with E-state index in [1.165, 1.54) is 17.0 Å². The Labute approximate surface area is 203 Å². The van der Waals surface area contributed by atoms with Crippen molar-refractivity contribution in [1.29, 1.82) is 0 Å². The van der Waals surface area contributed by atoms with Crippen LogP contribution in [-0.4, -0.2) is 25.9 Å². The third-order valence-electron chi connectivity index (χ3n) is 5.22. The van der Waals surface area contributed by atoms with Gasteiger partial charge in [0.15, 0.2) is 0 Å². The first-order valence-electron chi connectivity index (χ1n) is 10.2. The van der Waals surface area contributed by atoms with Gasteiger partial charge in [-0.1, -0.05) is 36.4 Å². The van der Waals surface area contributed by atoms with Gasteiger partial charge in [0.2, 0.25) is 5.75 Å².